The highest BCUT2D eigenvalue weighted by atomic mass is 19.1. The van der Waals surface area contributed by atoms with Crippen LogP contribution in [0.15, 0.2) is 18.2 Å². The van der Waals surface area contributed by atoms with E-state index in [2.05, 4.69) is 5.32 Å². The Kier molecular flexibility index (Phi) is 4.11. The standard InChI is InChI=1S/C14H14FN3O2/c1-2-11-14(20)17-12(19)8-18(11)7-10-5-3-4-9(6-16)13(10)15/h3-5,11H,2,7-8H2,1H3,(H,17,19,20). The summed E-state index contributed by atoms with van der Waals surface area (Å²) in [5, 5.41) is 11.1. The minimum absolute atomic E-state index is 0.0386. The van der Waals surface area contributed by atoms with Gasteiger partial charge in [-0.3, -0.25) is 19.8 Å². The SMILES string of the molecule is CCC1C(=O)NC(=O)CN1Cc1cccc(C#N)c1F. The number of imide groups is 1. The molecule has 0 aliphatic carbocycles. The number of hydrogen-bond acceptors (Lipinski definition) is 4. The Labute approximate surface area is 116 Å². The van der Waals surface area contributed by atoms with Crippen molar-refractivity contribution in [1.29, 1.82) is 5.26 Å². The fraction of sp³-hybridized carbons (Fsp3) is 0.357. The van der Waals surface area contributed by atoms with Gasteiger partial charge < -0.3 is 0 Å². The van der Waals surface area contributed by atoms with Crippen molar-refractivity contribution in [2.75, 3.05) is 6.54 Å². The molecule has 104 valence electrons. The van der Waals surface area contributed by atoms with Gasteiger partial charge in [-0.1, -0.05) is 19.1 Å². The van der Waals surface area contributed by atoms with Crippen LogP contribution < -0.4 is 5.32 Å². The molecule has 0 radical (unpaired) electrons. The third kappa shape index (κ3) is 2.68. The Hall–Kier alpha value is -2.26. The first-order valence-electron chi connectivity index (χ1n) is 6.32. The molecule has 1 heterocycles. The maximum absolute atomic E-state index is 14.0. The predicted molar refractivity (Wildman–Crippen MR) is 68.8 cm³/mol. The number of nitriles is 1. The highest BCUT2D eigenvalue weighted by molar-refractivity contribution is 6.01. The van der Waals surface area contributed by atoms with Gasteiger partial charge in [-0.2, -0.15) is 5.26 Å². The number of carbonyl (C=O) groups excluding carboxylic acids is 2. The second kappa shape index (κ2) is 5.80. The fourth-order valence-corrected chi connectivity index (χ4v) is 2.34. The van der Waals surface area contributed by atoms with Gasteiger partial charge in [-0.05, 0) is 12.5 Å². The Morgan fingerprint density at radius 1 is 1.50 bits per heavy atom. The van der Waals surface area contributed by atoms with E-state index in [1.807, 2.05) is 6.92 Å². The summed E-state index contributed by atoms with van der Waals surface area (Å²) in [7, 11) is 0. The van der Waals surface area contributed by atoms with Crippen LogP contribution in [0.4, 0.5) is 4.39 Å². The van der Waals surface area contributed by atoms with E-state index in [1.165, 1.54) is 6.07 Å². The largest absolute Gasteiger partial charge is 0.294 e. The van der Waals surface area contributed by atoms with Crippen LogP contribution in [0.5, 0.6) is 0 Å². The van der Waals surface area contributed by atoms with E-state index < -0.39 is 17.8 Å². The minimum Gasteiger partial charge on any atom is -0.294 e. The Morgan fingerprint density at radius 2 is 2.25 bits per heavy atom. The molecule has 20 heavy (non-hydrogen) atoms. The summed E-state index contributed by atoms with van der Waals surface area (Å²) in [6.45, 7) is 1.99. The van der Waals surface area contributed by atoms with E-state index in [0.717, 1.165) is 0 Å². The number of hydrogen-bond donors (Lipinski definition) is 1. The number of carbonyl (C=O) groups is 2. The zero-order valence-electron chi connectivity index (χ0n) is 11.0. The molecule has 1 aliphatic heterocycles. The van der Waals surface area contributed by atoms with Gasteiger partial charge in [0.1, 0.15) is 11.9 Å². The lowest BCUT2D eigenvalue weighted by Crippen LogP contribution is -2.57. The zero-order chi connectivity index (χ0) is 14.7. The molecule has 6 heteroatoms. The van der Waals surface area contributed by atoms with Gasteiger partial charge in [-0.15, -0.1) is 0 Å². The van der Waals surface area contributed by atoms with E-state index in [0.29, 0.717) is 12.0 Å². The summed E-state index contributed by atoms with van der Waals surface area (Å²) in [5.74, 6) is -1.35. The highest BCUT2D eigenvalue weighted by Crippen LogP contribution is 2.18. The quantitative estimate of drug-likeness (QED) is 0.833. The fourth-order valence-electron chi connectivity index (χ4n) is 2.34. The van der Waals surface area contributed by atoms with E-state index in [-0.39, 0.29) is 24.6 Å². The molecule has 1 aliphatic rings. The average Bonchev–Trinajstić information content (AvgIpc) is 2.41. The number of piperazine rings is 1. The van der Waals surface area contributed by atoms with Crippen molar-refractivity contribution in [3.63, 3.8) is 0 Å². The average molecular weight is 275 g/mol. The van der Waals surface area contributed by atoms with Gasteiger partial charge in [0.2, 0.25) is 11.8 Å². The maximum atomic E-state index is 14.0. The highest BCUT2D eigenvalue weighted by Gasteiger charge is 2.32. The molecule has 1 atom stereocenters. The Balaban J connectivity index is 2.26. The van der Waals surface area contributed by atoms with Crippen LogP contribution in [-0.4, -0.2) is 29.3 Å². The van der Waals surface area contributed by atoms with Crippen molar-refractivity contribution in [1.82, 2.24) is 10.2 Å². The molecule has 2 rings (SSSR count). The molecule has 2 amide bonds. The first-order valence-corrected chi connectivity index (χ1v) is 6.32. The van der Waals surface area contributed by atoms with Crippen molar-refractivity contribution in [2.45, 2.75) is 25.9 Å². The molecular weight excluding hydrogens is 261 g/mol. The van der Waals surface area contributed by atoms with Gasteiger partial charge in [-0.25, -0.2) is 4.39 Å². The number of benzene rings is 1. The normalized spacial score (nSPS) is 19.6. The second-order valence-corrected chi connectivity index (χ2v) is 4.63. The van der Waals surface area contributed by atoms with E-state index in [4.69, 9.17) is 5.26 Å². The number of nitrogens with zero attached hydrogens (tertiary/aromatic N) is 2. The maximum Gasteiger partial charge on any atom is 0.243 e. The first-order chi connectivity index (χ1) is 9.56. The van der Waals surface area contributed by atoms with Crippen LogP contribution in [0.1, 0.15) is 24.5 Å². The minimum atomic E-state index is -0.594. The lowest BCUT2D eigenvalue weighted by atomic mass is 10.1. The predicted octanol–water partition coefficient (Wildman–Crippen LogP) is 0.934. The molecular formula is C14H14FN3O2. The van der Waals surface area contributed by atoms with E-state index in [1.54, 1.807) is 23.1 Å². The summed E-state index contributed by atoms with van der Waals surface area (Å²) < 4.78 is 14.0. The number of amides is 2. The lowest BCUT2D eigenvalue weighted by molar-refractivity contribution is -0.140. The number of halogens is 1. The summed E-state index contributed by atoms with van der Waals surface area (Å²) >= 11 is 0. The molecule has 0 aromatic heterocycles. The molecule has 1 N–H and O–H groups in total. The Morgan fingerprint density at radius 3 is 2.90 bits per heavy atom. The monoisotopic (exact) mass is 275 g/mol. The van der Waals surface area contributed by atoms with Crippen molar-refractivity contribution in [2.24, 2.45) is 0 Å². The van der Waals surface area contributed by atoms with Crippen molar-refractivity contribution >= 4 is 11.8 Å². The smallest absolute Gasteiger partial charge is 0.243 e. The summed E-state index contributed by atoms with van der Waals surface area (Å²) in [6, 6.07) is 5.85. The van der Waals surface area contributed by atoms with Crippen LogP contribution in [0.25, 0.3) is 0 Å². The molecule has 1 unspecified atom stereocenters. The number of rotatable bonds is 3. The molecule has 0 bridgehead atoms. The van der Waals surface area contributed by atoms with Gasteiger partial charge in [0, 0.05) is 12.1 Å². The van der Waals surface area contributed by atoms with Gasteiger partial charge in [0.05, 0.1) is 18.2 Å². The third-order valence-corrected chi connectivity index (χ3v) is 3.31. The molecule has 1 saturated heterocycles. The van der Waals surface area contributed by atoms with Gasteiger partial charge >= 0.3 is 0 Å². The first kappa shape index (κ1) is 14.2. The van der Waals surface area contributed by atoms with Crippen LogP contribution >= 0.6 is 0 Å². The summed E-state index contributed by atoms with van der Waals surface area (Å²) in [5.41, 5.74) is 0.272. The molecule has 1 fully saturated rings. The molecule has 1 aromatic rings. The van der Waals surface area contributed by atoms with Gasteiger partial charge in [0.25, 0.3) is 0 Å². The Bertz CT molecular complexity index is 595. The van der Waals surface area contributed by atoms with E-state index in [9.17, 15) is 14.0 Å². The van der Waals surface area contributed by atoms with Crippen molar-refractivity contribution in [3.05, 3.63) is 35.1 Å². The lowest BCUT2D eigenvalue weighted by Gasteiger charge is -2.33. The van der Waals surface area contributed by atoms with Crippen molar-refractivity contribution in [3.8, 4) is 6.07 Å². The van der Waals surface area contributed by atoms with E-state index >= 15 is 0 Å². The topological polar surface area (TPSA) is 73.2 Å². The molecule has 5 nitrogen and oxygen atoms in total. The van der Waals surface area contributed by atoms with Crippen molar-refractivity contribution < 1.29 is 14.0 Å². The van der Waals surface area contributed by atoms with Crippen LogP contribution in [0.2, 0.25) is 0 Å². The van der Waals surface area contributed by atoms with Crippen LogP contribution in [0.3, 0.4) is 0 Å². The number of nitrogens with one attached hydrogen (secondary N) is 1. The van der Waals surface area contributed by atoms with Crippen LogP contribution in [0, 0.1) is 17.1 Å². The molecule has 0 spiro atoms. The molecule has 0 saturated carbocycles. The van der Waals surface area contributed by atoms with Crippen LogP contribution in [-0.2, 0) is 16.1 Å². The zero-order valence-corrected chi connectivity index (χ0v) is 11.0. The molecule has 1 aromatic carbocycles. The summed E-state index contributed by atoms with van der Waals surface area (Å²) in [6.07, 6.45) is 0.526. The van der Waals surface area contributed by atoms with Gasteiger partial charge in [0.15, 0.2) is 0 Å². The third-order valence-electron chi connectivity index (χ3n) is 3.31. The second-order valence-electron chi connectivity index (χ2n) is 4.63. The summed E-state index contributed by atoms with van der Waals surface area (Å²) in [4.78, 5) is 24.8.